The van der Waals surface area contributed by atoms with Gasteiger partial charge in [0.2, 0.25) is 5.91 Å². The van der Waals surface area contributed by atoms with Gasteiger partial charge < -0.3 is 15.8 Å². The van der Waals surface area contributed by atoms with E-state index in [-0.39, 0.29) is 11.8 Å². The fourth-order valence-corrected chi connectivity index (χ4v) is 2.34. The molecule has 0 saturated heterocycles. The van der Waals surface area contributed by atoms with Crippen LogP contribution in [-0.4, -0.2) is 25.6 Å². The Kier molecular flexibility index (Phi) is 5.21. The minimum Gasteiger partial charge on any atom is -0.492 e. The summed E-state index contributed by atoms with van der Waals surface area (Å²) in [6.07, 6.45) is 4.34. The number of para-hydroxylation sites is 1. The Morgan fingerprint density at radius 3 is 2.89 bits per heavy atom. The van der Waals surface area contributed by atoms with Gasteiger partial charge in [0.1, 0.15) is 18.3 Å². The van der Waals surface area contributed by atoms with Crippen molar-refractivity contribution in [3.63, 3.8) is 0 Å². The molecule has 0 spiro atoms. The maximum Gasteiger partial charge on any atom is 0.231 e. The minimum atomic E-state index is -0.153. The Bertz CT molecular complexity index is 420. The summed E-state index contributed by atoms with van der Waals surface area (Å²) in [6.45, 7) is 1.95. The number of carbonyl (C=O) groups is 1. The van der Waals surface area contributed by atoms with Gasteiger partial charge in [-0.25, -0.2) is 0 Å². The van der Waals surface area contributed by atoms with E-state index in [2.05, 4.69) is 5.32 Å². The average molecular weight is 262 g/mol. The zero-order valence-electron chi connectivity index (χ0n) is 11.2. The highest BCUT2D eigenvalue weighted by molar-refractivity contribution is 5.85. The van der Waals surface area contributed by atoms with Crippen LogP contribution in [0.15, 0.2) is 24.3 Å². The molecular formula is C15H22N2O2. The van der Waals surface area contributed by atoms with Crippen molar-refractivity contribution in [2.45, 2.75) is 31.6 Å². The summed E-state index contributed by atoms with van der Waals surface area (Å²) in [6, 6.07) is 7.75. The van der Waals surface area contributed by atoms with E-state index in [9.17, 15) is 4.79 Å². The molecule has 1 atom stereocenters. The van der Waals surface area contributed by atoms with E-state index >= 15 is 0 Å². The first-order valence-electron chi connectivity index (χ1n) is 7.02. The van der Waals surface area contributed by atoms with Gasteiger partial charge in [-0.2, -0.15) is 0 Å². The third kappa shape index (κ3) is 3.70. The Morgan fingerprint density at radius 1 is 1.26 bits per heavy atom. The molecule has 1 heterocycles. The number of hydrogen-bond donors (Lipinski definition) is 2. The van der Waals surface area contributed by atoms with Gasteiger partial charge in [0.05, 0.1) is 0 Å². The molecule has 3 N–H and O–H groups in total. The number of fused-ring (bicyclic) bond motifs is 1. The first-order chi connectivity index (χ1) is 9.33. The van der Waals surface area contributed by atoms with Crippen molar-refractivity contribution in [2.75, 3.05) is 19.7 Å². The van der Waals surface area contributed by atoms with Crippen LogP contribution in [0.2, 0.25) is 0 Å². The molecule has 0 aliphatic carbocycles. The van der Waals surface area contributed by atoms with Gasteiger partial charge in [-0.1, -0.05) is 31.0 Å². The van der Waals surface area contributed by atoms with Crippen LogP contribution in [0.1, 0.15) is 37.2 Å². The molecule has 4 nitrogen and oxygen atoms in total. The predicted molar refractivity (Wildman–Crippen MR) is 75.2 cm³/mol. The molecule has 1 aliphatic rings. The van der Waals surface area contributed by atoms with E-state index in [1.165, 1.54) is 0 Å². The molecule has 1 amide bonds. The number of carbonyl (C=O) groups excluding carboxylic acids is 1. The maximum absolute atomic E-state index is 12.1. The summed E-state index contributed by atoms with van der Waals surface area (Å²) in [4.78, 5) is 12.1. The van der Waals surface area contributed by atoms with Gasteiger partial charge in [-0.3, -0.25) is 4.79 Å². The maximum atomic E-state index is 12.1. The van der Waals surface area contributed by atoms with Crippen LogP contribution in [-0.2, 0) is 4.79 Å². The SMILES string of the molecule is NCCCCCCNC(=O)C1COc2ccccc21. The lowest BCUT2D eigenvalue weighted by Crippen LogP contribution is -2.30. The summed E-state index contributed by atoms with van der Waals surface area (Å²) in [5.41, 5.74) is 6.44. The molecule has 0 aromatic heterocycles. The molecular weight excluding hydrogens is 240 g/mol. The molecule has 1 aliphatic heterocycles. The Balaban J connectivity index is 1.73. The molecule has 1 aromatic carbocycles. The second kappa shape index (κ2) is 7.14. The summed E-state index contributed by atoms with van der Waals surface area (Å²) in [5.74, 6) is 0.759. The minimum absolute atomic E-state index is 0.0729. The number of nitrogens with two attached hydrogens (primary N) is 1. The number of unbranched alkanes of at least 4 members (excludes halogenated alkanes) is 3. The molecule has 0 fully saturated rings. The smallest absolute Gasteiger partial charge is 0.231 e. The van der Waals surface area contributed by atoms with Crippen molar-refractivity contribution in [1.82, 2.24) is 5.32 Å². The van der Waals surface area contributed by atoms with Crippen LogP contribution in [0.25, 0.3) is 0 Å². The van der Waals surface area contributed by atoms with E-state index in [1.807, 2.05) is 24.3 Å². The summed E-state index contributed by atoms with van der Waals surface area (Å²) in [5, 5.41) is 2.99. The fourth-order valence-electron chi connectivity index (χ4n) is 2.34. The average Bonchev–Trinajstić information content (AvgIpc) is 2.86. The number of benzene rings is 1. The third-order valence-corrected chi connectivity index (χ3v) is 3.45. The van der Waals surface area contributed by atoms with E-state index < -0.39 is 0 Å². The standard InChI is InChI=1S/C15H22N2O2/c16-9-5-1-2-6-10-17-15(18)13-11-19-14-8-4-3-7-12(13)14/h3-4,7-8,13H,1-2,5-6,9-11,16H2,(H,17,18). The molecule has 1 aromatic rings. The number of amides is 1. The molecule has 1 unspecified atom stereocenters. The van der Waals surface area contributed by atoms with Crippen molar-refractivity contribution in [2.24, 2.45) is 5.73 Å². The fraction of sp³-hybridized carbons (Fsp3) is 0.533. The highest BCUT2D eigenvalue weighted by Gasteiger charge is 2.29. The topological polar surface area (TPSA) is 64.3 Å². The van der Waals surface area contributed by atoms with Crippen molar-refractivity contribution in [3.05, 3.63) is 29.8 Å². The van der Waals surface area contributed by atoms with Gasteiger partial charge in [-0.15, -0.1) is 0 Å². The van der Waals surface area contributed by atoms with Crippen LogP contribution < -0.4 is 15.8 Å². The Morgan fingerprint density at radius 2 is 2.05 bits per heavy atom. The van der Waals surface area contributed by atoms with Crippen LogP contribution in [0, 0.1) is 0 Å². The Hall–Kier alpha value is -1.55. The molecule has 0 radical (unpaired) electrons. The predicted octanol–water partition coefficient (Wildman–Crippen LogP) is 1.80. The normalized spacial score (nSPS) is 16.8. The summed E-state index contributed by atoms with van der Waals surface area (Å²) < 4.78 is 5.52. The van der Waals surface area contributed by atoms with E-state index in [1.54, 1.807) is 0 Å². The third-order valence-electron chi connectivity index (χ3n) is 3.45. The monoisotopic (exact) mass is 262 g/mol. The van der Waals surface area contributed by atoms with Gasteiger partial charge in [0.15, 0.2) is 0 Å². The van der Waals surface area contributed by atoms with Gasteiger partial charge in [0, 0.05) is 12.1 Å². The van der Waals surface area contributed by atoms with Gasteiger partial charge >= 0.3 is 0 Å². The number of nitrogens with one attached hydrogen (secondary N) is 1. The van der Waals surface area contributed by atoms with Gasteiger partial charge in [0.25, 0.3) is 0 Å². The van der Waals surface area contributed by atoms with Crippen LogP contribution in [0.5, 0.6) is 5.75 Å². The molecule has 4 heteroatoms. The van der Waals surface area contributed by atoms with Crippen molar-refractivity contribution in [1.29, 1.82) is 0 Å². The Labute approximate surface area is 114 Å². The molecule has 0 bridgehead atoms. The summed E-state index contributed by atoms with van der Waals surface area (Å²) >= 11 is 0. The zero-order valence-corrected chi connectivity index (χ0v) is 11.2. The highest BCUT2D eigenvalue weighted by atomic mass is 16.5. The van der Waals surface area contributed by atoms with E-state index in [0.29, 0.717) is 6.61 Å². The lowest BCUT2D eigenvalue weighted by Gasteiger charge is -2.10. The molecule has 2 rings (SSSR count). The number of rotatable bonds is 7. The lowest BCUT2D eigenvalue weighted by molar-refractivity contribution is -0.122. The lowest BCUT2D eigenvalue weighted by atomic mass is 10.0. The van der Waals surface area contributed by atoms with Crippen LogP contribution in [0.3, 0.4) is 0 Å². The highest BCUT2D eigenvalue weighted by Crippen LogP contribution is 2.33. The number of hydrogen-bond acceptors (Lipinski definition) is 3. The molecule has 104 valence electrons. The summed E-state index contributed by atoms with van der Waals surface area (Å²) in [7, 11) is 0. The zero-order chi connectivity index (χ0) is 13.5. The second-order valence-corrected chi connectivity index (χ2v) is 4.90. The number of ether oxygens (including phenoxy) is 1. The first-order valence-corrected chi connectivity index (χ1v) is 7.02. The van der Waals surface area contributed by atoms with E-state index in [0.717, 1.165) is 50.1 Å². The van der Waals surface area contributed by atoms with Crippen molar-refractivity contribution in [3.8, 4) is 5.75 Å². The largest absolute Gasteiger partial charge is 0.492 e. The van der Waals surface area contributed by atoms with E-state index in [4.69, 9.17) is 10.5 Å². The molecule has 0 saturated carbocycles. The van der Waals surface area contributed by atoms with Crippen molar-refractivity contribution >= 4 is 5.91 Å². The quantitative estimate of drug-likeness (QED) is 0.736. The first kappa shape index (κ1) is 13.9. The van der Waals surface area contributed by atoms with Crippen LogP contribution >= 0.6 is 0 Å². The van der Waals surface area contributed by atoms with Gasteiger partial charge in [-0.05, 0) is 25.5 Å². The second-order valence-electron chi connectivity index (χ2n) is 4.90. The molecule has 19 heavy (non-hydrogen) atoms. The van der Waals surface area contributed by atoms with Crippen molar-refractivity contribution < 1.29 is 9.53 Å². The van der Waals surface area contributed by atoms with Crippen LogP contribution in [0.4, 0.5) is 0 Å².